The summed E-state index contributed by atoms with van der Waals surface area (Å²) in [6.07, 6.45) is 1.76. The van der Waals surface area contributed by atoms with E-state index in [9.17, 15) is 9.59 Å². The molecule has 0 spiro atoms. The molecule has 0 radical (unpaired) electrons. The van der Waals surface area contributed by atoms with Crippen LogP contribution < -0.4 is 10.1 Å². The van der Waals surface area contributed by atoms with Crippen molar-refractivity contribution in [3.63, 3.8) is 0 Å². The average Bonchev–Trinajstić information content (AvgIpc) is 3.22. The average molecular weight is 543 g/mol. The Morgan fingerprint density at radius 3 is 2.51 bits per heavy atom. The Morgan fingerprint density at radius 2 is 1.71 bits per heavy atom. The van der Waals surface area contributed by atoms with Crippen molar-refractivity contribution in [2.45, 2.75) is 6.61 Å². The first-order chi connectivity index (χ1) is 17.0. The normalized spacial score (nSPS) is 15.5. The van der Waals surface area contributed by atoms with E-state index in [1.165, 1.54) is 10.8 Å². The molecule has 5 rings (SSSR count). The Kier molecular flexibility index (Phi) is 6.79. The van der Waals surface area contributed by atoms with Gasteiger partial charge in [0.25, 0.3) is 11.8 Å². The van der Waals surface area contributed by atoms with Crippen molar-refractivity contribution >= 4 is 61.5 Å². The van der Waals surface area contributed by atoms with E-state index in [2.05, 4.69) is 56.6 Å². The summed E-state index contributed by atoms with van der Waals surface area (Å²) in [5.41, 5.74) is 2.37. The summed E-state index contributed by atoms with van der Waals surface area (Å²) in [4.78, 5) is 29.2. The number of aliphatic imine (C=N–C) groups is 1. The first kappa shape index (κ1) is 23.1. The third-order valence-corrected chi connectivity index (χ3v) is 6.87. The number of nitrogens with zero attached hydrogens (tertiary/aromatic N) is 1. The van der Waals surface area contributed by atoms with Gasteiger partial charge in [-0.1, -0.05) is 60.7 Å². The summed E-state index contributed by atoms with van der Waals surface area (Å²) in [7, 11) is 0. The highest BCUT2D eigenvalue weighted by Gasteiger charge is 2.25. The quantitative estimate of drug-likeness (QED) is 0.289. The second kappa shape index (κ2) is 10.3. The van der Waals surface area contributed by atoms with E-state index in [0.717, 1.165) is 27.4 Å². The zero-order valence-corrected chi connectivity index (χ0v) is 20.8. The molecule has 4 aromatic rings. The van der Waals surface area contributed by atoms with Crippen molar-refractivity contribution in [1.29, 1.82) is 0 Å². The molecule has 4 aromatic carbocycles. The number of hydrogen-bond acceptors (Lipinski definition) is 4. The van der Waals surface area contributed by atoms with Crippen molar-refractivity contribution < 1.29 is 14.3 Å². The first-order valence-electron chi connectivity index (χ1n) is 10.8. The van der Waals surface area contributed by atoms with Crippen LogP contribution in [0.4, 0.5) is 0 Å². The van der Waals surface area contributed by atoms with Crippen LogP contribution in [0, 0.1) is 0 Å². The van der Waals surface area contributed by atoms with Gasteiger partial charge in [-0.05, 0) is 86.0 Å². The van der Waals surface area contributed by atoms with E-state index in [1.54, 1.807) is 30.3 Å². The molecule has 0 unspecified atom stereocenters. The predicted octanol–water partition coefficient (Wildman–Crippen LogP) is 6.58. The molecule has 1 fully saturated rings. The van der Waals surface area contributed by atoms with E-state index >= 15 is 0 Å². The smallest absolute Gasteiger partial charge is 0.279 e. The summed E-state index contributed by atoms with van der Waals surface area (Å²) in [6, 6.07) is 28.9. The van der Waals surface area contributed by atoms with Gasteiger partial charge in [0.1, 0.15) is 12.4 Å². The topological polar surface area (TPSA) is 67.8 Å². The molecule has 1 aliphatic rings. The number of carbonyl (C=O) groups excluding carboxylic acids is 2. The van der Waals surface area contributed by atoms with Gasteiger partial charge in [-0.3, -0.25) is 9.59 Å². The van der Waals surface area contributed by atoms with Gasteiger partial charge in [0.05, 0.1) is 9.38 Å². The summed E-state index contributed by atoms with van der Waals surface area (Å²) >= 11 is 4.70. The molecule has 0 aromatic heterocycles. The molecule has 0 atom stereocenters. The number of rotatable bonds is 5. The molecule has 0 bridgehead atoms. The lowest BCUT2D eigenvalue weighted by Gasteiger charge is -2.10. The van der Waals surface area contributed by atoms with Crippen LogP contribution in [0.2, 0.25) is 0 Å². The zero-order chi connectivity index (χ0) is 24.2. The van der Waals surface area contributed by atoms with Crippen molar-refractivity contribution in [3.8, 4) is 5.75 Å². The number of hydrogen-bond donors (Lipinski definition) is 1. The van der Waals surface area contributed by atoms with Crippen LogP contribution in [-0.4, -0.2) is 17.0 Å². The Bertz CT molecular complexity index is 1500. The lowest BCUT2D eigenvalue weighted by Crippen LogP contribution is -2.20. The number of ether oxygens (including phenoxy) is 1. The fourth-order valence-corrected chi connectivity index (χ4v) is 4.91. The summed E-state index contributed by atoms with van der Waals surface area (Å²) < 4.78 is 6.79. The van der Waals surface area contributed by atoms with Crippen LogP contribution in [0.25, 0.3) is 16.8 Å². The van der Waals surface area contributed by atoms with E-state index in [1.807, 2.05) is 36.4 Å². The zero-order valence-electron chi connectivity index (χ0n) is 18.4. The van der Waals surface area contributed by atoms with Crippen LogP contribution in [0.1, 0.15) is 21.5 Å². The number of benzene rings is 4. The first-order valence-corrected chi connectivity index (χ1v) is 12.4. The molecule has 1 heterocycles. The van der Waals surface area contributed by atoms with E-state index in [4.69, 9.17) is 4.74 Å². The highest BCUT2D eigenvalue weighted by molar-refractivity contribution is 9.10. The van der Waals surface area contributed by atoms with Gasteiger partial charge in [0.2, 0.25) is 0 Å². The molecule has 7 heteroatoms. The summed E-state index contributed by atoms with van der Waals surface area (Å²) in [5, 5.41) is 5.29. The SMILES string of the molecule is O=C1NC(=NC(=O)c2ccccc2)S/C1=C\c1ccc(OCc2ccc3ccccc3c2)c(Br)c1. The molecule has 1 aliphatic heterocycles. The van der Waals surface area contributed by atoms with Gasteiger partial charge in [0.15, 0.2) is 5.17 Å². The molecule has 35 heavy (non-hydrogen) atoms. The van der Waals surface area contributed by atoms with Crippen LogP contribution in [0.3, 0.4) is 0 Å². The van der Waals surface area contributed by atoms with E-state index in [-0.39, 0.29) is 11.1 Å². The monoisotopic (exact) mass is 542 g/mol. The molecule has 172 valence electrons. The third-order valence-electron chi connectivity index (χ3n) is 5.34. The van der Waals surface area contributed by atoms with Gasteiger partial charge in [0, 0.05) is 5.56 Å². The Morgan fingerprint density at radius 1 is 0.943 bits per heavy atom. The highest BCUT2D eigenvalue weighted by atomic mass is 79.9. The minimum atomic E-state index is -0.398. The van der Waals surface area contributed by atoms with Gasteiger partial charge >= 0.3 is 0 Å². The summed E-state index contributed by atoms with van der Waals surface area (Å²) in [6.45, 7) is 0.442. The number of halogens is 1. The van der Waals surface area contributed by atoms with Crippen molar-refractivity contribution in [2.24, 2.45) is 4.99 Å². The molecular weight excluding hydrogens is 524 g/mol. The van der Waals surface area contributed by atoms with Crippen LogP contribution in [0.5, 0.6) is 5.75 Å². The molecule has 2 amide bonds. The maximum atomic E-state index is 12.4. The van der Waals surface area contributed by atoms with Crippen molar-refractivity contribution in [3.05, 3.63) is 117 Å². The van der Waals surface area contributed by atoms with Crippen molar-refractivity contribution in [2.75, 3.05) is 0 Å². The van der Waals surface area contributed by atoms with Gasteiger partial charge in [-0.2, -0.15) is 4.99 Å². The maximum absolute atomic E-state index is 12.4. The third kappa shape index (κ3) is 5.53. The maximum Gasteiger partial charge on any atom is 0.279 e. The Hall–Kier alpha value is -3.68. The molecule has 0 saturated carbocycles. The van der Waals surface area contributed by atoms with Gasteiger partial charge in [-0.25, -0.2) is 0 Å². The van der Waals surface area contributed by atoms with E-state index < -0.39 is 5.91 Å². The summed E-state index contributed by atoms with van der Waals surface area (Å²) in [5.74, 6) is 0.0206. The minimum absolute atomic E-state index is 0.268. The lowest BCUT2D eigenvalue weighted by molar-refractivity contribution is -0.115. The second-order valence-corrected chi connectivity index (χ2v) is 9.70. The molecule has 1 saturated heterocycles. The lowest BCUT2D eigenvalue weighted by atomic mass is 10.1. The highest BCUT2D eigenvalue weighted by Crippen LogP contribution is 2.31. The number of thioether (sulfide) groups is 1. The standard InChI is InChI=1S/C28H19BrN2O3S/c29-23-15-18(11-13-24(23)34-17-19-10-12-20-6-4-5-9-22(20)14-19)16-25-27(33)31-28(35-25)30-26(32)21-7-2-1-3-8-21/h1-16H,17H2,(H,30,31,32,33)/b25-16-. The van der Waals surface area contributed by atoms with Gasteiger partial charge < -0.3 is 10.1 Å². The Balaban J connectivity index is 1.26. The number of carbonyl (C=O) groups is 2. The number of amidine groups is 1. The minimum Gasteiger partial charge on any atom is -0.488 e. The van der Waals surface area contributed by atoms with Crippen LogP contribution >= 0.6 is 27.7 Å². The molecule has 0 aliphatic carbocycles. The number of fused-ring (bicyclic) bond motifs is 1. The van der Waals surface area contributed by atoms with E-state index in [0.29, 0.717) is 22.8 Å². The van der Waals surface area contributed by atoms with Gasteiger partial charge in [-0.15, -0.1) is 0 Å². The predicted molar refractivity (Wildman–Crippen MR) is 144 cm³/mol. The molecular formula is C28H19BrN2O3S. The number of nitrogens with one attached hydrogen (secondary N) is 1. The Labute approximate surface area is 215 Å². The molecule has 5 nitrogen and oxygen atoms in total. The largest absolute Gasteiger partial charge is 0.488 e. The van der Waals surface area contributed by atoms with Crippen LogP contribution in [-0.2, 0) is 11.4 Å². The van der Waals surface area contributed by atoms with Crippen LogP contribution in [0.15, 0.2) is 105 Å². The number of amides is 2. The van der Waals surface area contributed by atoms with Crippen molar-refractivity contribution in [1.82, 2.24) is 5.32 Å². The second-order valence-electron chi connectivity index (χ2n) is 7.81. The fraction of sp³-hybridized carbons (Fsp3) is 0.0357. The molecule has 1 N–H and O–H groups in total. The fourth-order valence-electron chi connectivity index (χ4n) is 3.58.